The number of nitrogens with zero attached hydrogens (tertiary/aromatic N) is 2. The Morgan fingerprint density at radius 2 is 2.27 bits per heavy atom. The van der Waals surface area contributed by atoms with Gasteiger partial charge in [-0.1, -0.05) is 5.16 Å². The summed E-state index contributed by atoms with van der Waals surface area (Å²) in [6.45, 7) is 5.46. The average molecular weight is 223 g/mol. The van der Waals surface area contributed by atoms with Crippen LogP contribution in [0.5, 0.6) is 0 Å². The van der Waals surface area contributed by atoms with Crippen molar-refractivity contribution in [2.24, 2.45) is 0 Å². The lowest BCUT2D eigenvalue weighted by molar-refractivity contribution is 0.392. The van der Waals surface area contributed by atoms with Crippen molar-refractivity contribution in [3.8, 4) is 0 Å². The molecule has 0 saturated heterocycles. The molecule has 2 aromatic heterocycles. The predicted molar refractivity (Wildman–Crippen MR) is 58.6 cm³/mol. The summed E-state index contributed by atoms with van der Waals surface area (Å²) in [6, 6.07) is 0. The van der Waals surface area contributed by atoms with Crippen LogP contribution < -0.4 is 5.32 Å². The normalized spacial score (nSPS) is 10.8. The molecule has 0 spiro atoms. The molecular formula is C10H13N3OS. The molecule has 0 radical (unpaired) electrons. The molecule has 0 saturated carbocycles. The van der Waals surface area contributed by atoms with Crippen LogP contribution in [0, 0.1) is 13.8 Å². The molecule has 1 N–H and O–H groups in total. The zero-order valence-corrected chi connectivity index (χ0v) is 9.60. The fourth-order valence-electron chi connectivity index (χ4n) is 1.39. The van der Waals surface area contributed by atoms with E-state index in [0.717, 1.165) is 35.1 Å². The molecular weight excluding hydrogens is 210 g/mol. The van der Waals surface area contributed by atoms with Crippen LogP contribution in [-0.2, 0) is 13.1 Å². The minimum atomic E-state index is 0.779. The number of aromatic nitrogens is 2. The molecule has 80 valence electrons. The summed E-state index contributed by atoms with van der Waals surface area (Å²) >= 11 is 1.66. The van der Waals surface area contributed by atoms with Crippen LogP contribution in [0.4, 0.5) is 0 Å². The number of aryl methyl sites for hydroxylation is 2. The van der Waals surface area contributed by atoms with Gasteiger partial charge in [0.25, 0.3) is 0 Å². The first kappa shape index (κ1) is 10.3. The zero-order chi connectivity index (χ0) is 10.7. The maximum Gasteiger partial charge on any atom is 0.138 e. The number of hydrogen-bond donors (Lipinski definition) is 1. The van der Waals surface area contributed by atoms with Crippen molar-refractivity contribution in [3.63, 3.8) is 0 Å². The number of thiazole rings is 1. The quantitative estimate of drug-likeness (QED) is 0.861. The molecule has 2 rings (SSSR count). The van der Waals surface area contributed by atoms with Gasteiger partial charge in [-0.25, -0.2) is 4.98 Å². The molecule has 0 aliphatic carbocycles. The Morgan fingerprint density at radius 3 is 2.87 bits per heavy atom. The van der Waals surface area contributed by atoms with Gasteiger partial charge >= 0.3 is 0 Å². The zero-order valence-electron chi connectivity index (χ0n) is 8.78. The maximum atomic E-state index is 5.08. The Hall–Kier alpha value is -1.20. The third-order valence-corrected chi connectivity index (χ3v) is 3.02. The minimum absolute atomic E-state index is 0.779. The van der Waals surface area contributed by atoms with E-state index in [9.17, 15) is 0 Å². The largest absolute Gasteiger partial charge is 0.361 e. The predicted octanol–water partition coefficient (Wildman–Crippen LogP) is 2.04. The fraction of sp³-hybridized carbons (Fsp3) is 0.400. The molecule has 15 heavy (non-hydrogen) atoms. The molecule has 0 unspecified atom stereocenters. The van der Waals surface area contributed by atoms with Gasteiger partial charge < -0.3 is 9.84 Å². The number of nitrogens with one attached hydrogen (secondary N) is 1. The van der Waals surface area contributed by atoms with Gasteiger partial charge in [-0.3, -0.25) is 0 Å². The molecule has 5 heteroatoms. The first-order valence-corrected chi connectivity index (χ1v) is 5.66. The van der Waals surface area contributed by atoms with E-state index in [0.29, 0.717) is 0 Å². The fourth-order valence-corrected chi connectivity index (χ4v) is 1.97. The van der Waals surface area contributed by atoms with Crippen LogP contribution in [0.1, 0.15) is 22.0 Å². The van der Waals surface area contributed by atoms with E-state index in [-0.39, 0.29) is 0 Å². The molecule has 0 aliphatic heterocycles. The lowest BCUT2D eigenvalue weighted by Crippen LogP contribution is -2.13. The van der Waals surface area contributed by atoms with E-state index in [2.05, 4.69) is 15.5 Å². The highest BCUT2D eigenvalue weighted by Gasteiger charge is 2.07. The molecule has 0 aliphatic rings. The van der Waals surface area contributed by atoms with Crippen molar-refractivity contribution in [1.82, 2.24) is 15.5 Å². The standard InChI is InChI=1S/C10H13N3OS/c1-7-9(8(2)14-13-7)5-11-6-10-12-3-4-15-10/h3-4,11H,5-6H2,1-2H3. The average Bonchev–Trinajstić information content (AvgIpc) is 2.82. The number of hydrogen-bond acceptors (Lipinski definition) is 5. The van der Waals surface area contributed by atoms with Gasteiger partial charge in [-0.2, -0.15) is 0 Å². The van der Waals surface area contributed by atoms with Crippen LogP contribution in [0.2, 0.25) is 0 Å². The first-order valence-electron chi connectivity index (χ1n) is 4.78. The highest BCUT2D eigenvalue weighted by molar-refractivity contribution is 7.09. The van der Waals surface area contributed by atoms with E-state index in [4.69, 9.17) is 4.52 Å². The van der Waals surface area contributed by atoms with Gasteiger partial charge in [-0.15, -0.1) is 11.3 Å². The van der Waals surface area contributed by atoms with E-state index in [1.54, 1.807) is 11.3 Å². The second-order valence-electron chi connectivity index (χ2n) is 3.33. The summed E-state index contributed by atoms with van der Waals surface area (Å²) in [5.41, 5.74) is 2.10. The second-order valence-corrected chi connectivity index (χ2v) is 4.31. The van der Waals surface area contributed by atoms with Crippen LogP contribution >= 0.6 is 11.3 Å². The van der Waals surface area contributed by atoms with E-state index in [1.165, 1.54) is 0 Å². The van der Waals surface area contributed by atoms with Gasteiger partial charge in [0.05, 0.1) is 5.69 Å². The maximum absolute atomic E-state index is 5.08. The van der Waals surface area contributed by atoms with Gasteiger partial charge in [-0.05, 0) is 13.8 Å². The molecule has 2 aromatic rings. The molecule has 0 bridgehead atoms. The van der Waals surface area contributed by atoms with Crippen LogP contribution in [0.25, 0.3) is 0 Å². The van der Waals surface area contributed by atoms with E-state index < -0.39 is 0 Å². The van der Waals surface area contributed by atoms with Crippen molar-refractivity contribution >= 4 is 11.3 Å². The summed E-state index contributed by atoms with van der Waals surface area (Å²) in [7, 11) is 0. The molecule has 0 atom stereocenters. The van der Waals surface area contributed by atoms with Crippen molar-refractivity contribution in [2.45, 2.75) is 26.9 Å². The monoisotopic (exact) mass is 223 g/mol. The summed E-state index contributed by atoms with van der Waals surface area (Å²) in [6.07, 6.45) is 1.82. The summed E-state index contributed by atoms with van der Waals surface area (Å²) in [5.74, 6) is 0.888. The van der Waals surface area contributed by atoms with Gasteiger partial charge in [0, 0.05) is 30.2 Å². The van der Waals surface area contributed by atoms with Gasteiger partial charge in [0.15, 0.2) is 0 Å². The van der Waals surface area contributed by atoms with Gasteiger partial charge in [0.2, 0.25) is 0 Å². The Labute approximate surface area is 92.3 Å². The molecule has 4 nitrogen and oxygen atoms in total. The van der Waals surface area contributed by atoms with Crippen LogP contribution in [0.15, 0.2) is 16.1 Å². The van der Waals surface area contributed by atoms with E-state index >= 15 is 0 Å². The van der Waals surface area contributed by atoms with Crippen molar-refractivity contribution in [2.75, 3.05) is 0 Å². The Kier molecular flexibility index (Phi) is 3.13. The molecule has 0 amide bonds. The second kappa shape index (κ2) is 4.55. The highest BCUT2D eigenvalue weighted by Crippen LogP contribution is 2.12. The molecule has 2 heterocycles. The molecule has 0 fully saturated rings. The Bertz CT molecular complexity index is 402. The minimum Gasteiger partial charge on any atom is -0.361 e. The smallest absolute Gasteiger partial charge is 0.138 e. The summed E-state index contributed by atoms with van der Waals surface area (Å²) < 4.78 is 5.08. The lowest BCUT2D eigenvalue weighted by atomic mass is 10.2. The van der Waals surface area contributed by atoms with Crippen LogP contribution in [0.3, 0.4) is 0 Å². The first-order chi connectivity index (χ1) is 7.27. The van der Waals surface area contributed by atoms with Crippen molar-refractivity contribution in [3.05, 3.63) is 33.6 Å². The summed E-state index contributed by atoms with van der Waals surface area (Å²) in [5, 5.41) is 10.3. The highest BCUT2D eigenvalue weighted by atomic mass is 32.1. The SMILES string of the molecule is Cc1noc(C)c1CNCc1nccs1. The topological polar surface area (TPSA) is 51.0 Å². The lowest BCUT2D eigenvalue weighted by Gasteiger charge is -2.01. The third kappa shape index (κ3) is 2.43. The molecule has 0 aromatic carbocycles. The van der Waals surface area contributed by atoms with Crippen molar-refractivity contribution < 1.29 is 4.52 Å². The van der Waals surface area contributed by atoms with E-state index in [1.807, 2.05) is 25.4 Å². The van der Waals surface area contributed by atoms with Gasteiger partial charge in [0.1, 0.15) is 10.8 Å². The Morgan fingerprint density at radius 1 is 1.40 bits per heavy atom. The third-order valence-electron chi connectivity index (χ3n) is 2.24. The van der Waals surface area contributed by atoms with Crippen LogP contribution in [-0.4, -0.2) is 10.1 Å². The summed E-state index contributed by atoms with van der Waals surface area (Å²) in [4.78, 5) is 4.20. The van der Waals surface area contributed by atoms with Crippen molar-refractivity contribution in [1.29, 1.82) is 0 Å². The Balaban J connectivity index is 1.89. The number of rotatable bonds is 4.